The van der Waals surface area contributed by atoms with Crippen LogP contribution in [0.2, 0.25) is 0 Å². The van der Waals surface area contributed by atoms with Gasteiger partial charge in [0.05, 0.1) is 18.3 Å². The molecule has 0 fully saturated rings. The lowest BCUT2D eigenvalue weighted by atomic mass is 10.2. The van der Waals surface area contributed by atoms with Crippen LogP contribution in [-0.2, 0) is 11.3 Å². The molecule has 1 unspecified atom stereocenters. The molecule has 0 amide bonds. The first-order valence-corrected chi connectivity index (χ1v) is 5.07. The first-order valence-electron chi connectivity index (χ1n) is 5.07. The number of aromatic nitrogens is 2. The van der Waals surface area contributed by atoms with Crippen molar-refractivity contribution in [1.29, 1.82) is 0 Å². The van der Waals surface area contributed by atoms with Gasteiger partial charge < -0.3 is 10.1 Å². The minimum absolute atomic E-state index is 0.243. The van der Waals surface area contributed by atoms with Crippen LogP contribution in [0.15, 0.2) is 12.3 Å². The number of hydrogen-bond donors (Lipinski definition) is 1. The Labute approximate surface area is 85.3 Å². The summed E-state index contributed by atoms with van der Waals surface area (Å²) in [6.07, 6.45) is 1.83. The number of nitrogens with zero attached hydrogens (tertiary/aromatic N) is 2. The summed E-state index contributed by atoms with van der Waals surface area (Å²) in [4.78, 5) is 0. The Morgan fingerprint density at radius 3 is 2.93 bits per heavy atom. The lowest BCUT2D eigenvalue weighted by molar-refractivity contribution is 0.164. The number of nitrogens with one attached hydrogen (secondary N) is 1. The number of hydrogen-bond acceptors (Lipinski definition) is 3. The van der Waals surface area contributed by atoms with Crippen LogP contribution in [0.4, 0.5) is 0 Å². The highest BCUT2D eigenvalue weighted by Gasteiger charge is 2.13. The molecule has 4 nitrogen and oxygen atoms in total. The summed E-state index contributed by atoms with van der Waals surface area (Å²) in [5, 5.41) is 7.62. The summed E-state index contributed by atoms with van der Waals surface area (Å²) >= 11 is 0. The van der Waals surface area contributed by atoms with E-state index >= 15 is 0 Å². The van der Waals surface area contributed by atoms with E-state index in [0.29, 0.717) is 6.61 Å². The first-order chi connectivity index (χ1) is 6.83. The van der Waals surface area contributed by atoms with Crippen LogP contribution in [0.3, 0.4) is 0 Å². The van der Waals surface area contributed by atoms with E-state index in [-0.39, 0.29) is 6.04 Å². The predicted molar refractivity (Wildman–Crippen MR) is 56.2 cm³/mol. The van der Waals surface area contributed by atoms with Gasteiger partial charge in [-0.05, 0) is 19.5 Å². The molecule has 1 heterocycles. The molecule has 0 bridgehead atoms. The predicted octanol–water partition coefficient (Wildman–Crippen LogP) is 1.20. The summed E-state index contributed by atoms with van der Waals surface area (Å²) in [6, 6.07) is 2.28. The van der Waals surface area contributed by atoms with Gasteiger partial charge in [0.2, 0.25) is 0 Å². The van der Waals surface area contributed by atoms with Crippen molar-refractivity contribution in [2.75, 3.05) is 20.3 Å². The van der Waals surface area contributed by atoms with Crippen LogP contribution in [0.25, 0.3) is 0 Å². The molecule has 0 aliphatic heterocycles. The Bertz CT molecular complexity index is 254. The highest BCUT2D eigenvalue weighted by Crippen LogP contribution is 2.12. The van der Waals surface area contributed by atoms with Crippen molar-refractivity contribution in [3.8, 4) is 0 Å². The van der Waals surface area contributed by atoms with E-state index in [1.807, 2.05) is 16.9 Å². The third-order valence-corrected chi connectivity index (χ3v) is 2.19. The minimum atomic E-state index is 0.243. The van der Waals surface area contributed by atoms with Crippen molar-refractivity contribution >= 4 is 0 Å². The maximum atomic E-state index is 5.18. The smallest absolute Gasteiger partial charge is 0.0729 e. The lowest BCUT2D eigenvalue weighted by Gasteiger charge is -2.17. The van der Waals surface area contributed by atoms with Crippen molar-refractivity contribution in [1.82, 2.24) is 15.1 Å². The second-order valence-corrected chi connectivity index (χ2v) is 3.14. The largest absolute Gasteiger partial charge is 0.383 e. The first kappa shape index (κ1) is 11.2. The molecular weight excluding hydrogens is 178 g/mol. The molecule has 80 valence electrons. The molecule has 14 heavy (non-hydrogen) atoms. The quantitative estimate of drug-likeness (QED) is 0.744. The van der Waals surface area contributed by atoms with E-state index in [1.165, 1.54) is 5.69 Å². The lowest BCUT2D eigenvalue weighted by Crippen LogP contribution is -2.27. The molecule has 0 spiro atoms. The molecule has 1 atom stereocenters. The molecule has 0 radical (unpaired) electrons. The van der Waals surface area contributed by atoms with Gasteiger partial charge in [-0.3, -0.25) is 4.68 Å². The van der Waals surface area contributed by atoms with E-state index < -0.39 is 0 Å². The zero-order valence-electron chi connectivity index (χ0n) is 9.16. The minimum Gasteiger partial charge on any atom is -0.383 e. The zero-order chi connectivity index (χ0) is 10.4. The number of methoxy groups -OCH3 is 1. The van der Waals surface area contributed by atoms with E-state index in [2.05, 4.69) is 24.3 Å². The fourth-order valence-corrected chi connectivity index (χ4v) is 1.57. The Balaban J connectivity index is 2.75. The summed E-state index contributed by atoms with van der Waals surface area (Å²) < 4.78 is 7.17. The third kappa shape index (κ3) is 2.56. The normalized spacial score (nSPS) is 13.1. The highest BCUT2D eigenvalue weighted by atomic mass is 16.5. The van der Waals surface area contributed by atoms with Crippen LogP contribution in [0.1, 0.15) is 25.6 Å². The van der Waals surface area contributed by atoms with Gasteiger partial charge in [0.15, 0.2) is 0 Å². The maximum absolute atomic E-state index is 5.18. The summed E-state index contributed by atoms with van der Waals surface area (Å²) in [5.74, 6) is 0. The van der Waals surface area contributed by atoms with Crippen molar-refractivity contribution < 1.29 is 4.74 Å². The Hall–Kier alpha value is -0.870. The van der Waals surface area contributed by atoms with Crippen LogP contribution in [0, 0.1) is 0 Å². The topological polar surface area (TPSA) is 39.1 Å². The molecule has 1 N–H and O–H groups in total. The van der Waals surface area contributed by atoms with Gasteiger partial charge in [-0.15, -0.1) is 0 Å². The van der Waals surface area contributed by atoms with E-state index in [1.54, 1.807) is 7.11 Å². The molecule has 0 aliphatic carbocycles. The highest BCUT2D eigenvalue weighted by molar-refractivity contribution is 5.07. The second-order valence-electron chi connectivity index (χ2n) is 3.14. The van der Waals surface area contributed by atoms with Crippen LogP contribution >= 0.6 is 0 Å². The van der Waals surface area contributed by atoms with Crippen molar-refractivity contribution in [2.45, 2.75) is 26.4 Å². The van der Waals surface area contributed by atoms with Gasteiger partial charge in [-0.25, -0.2) is 0 Å². The monoisotopic (exact) mass is 197 g/mol. The SMILES string of the molecule is CCNC(COC)c1ccnn1CC. The maximum Gasteiger partial charge on any atom is 0.0729 e. The van der Waals surface area contributed by atoms with Crippen LogP contribution in [0.5, 0.6) is 0 Å². The van der Waals surface area contributed by atoms with Crippen molar-refractivity contribution in [3.63, 3.8) is 0 Å². The van der Waals surface area contributed by atoms with Gasteiger partial charge in [-0.2, -0.15) is 5.10 Å². The Morgan fingerprint density at radius 1 is 1.57 bits per heavy atom. The molecule has 0 saturated carbocycles. The number of rotatable bonds is 6. The van der Waals surface area contributed by atoms with Gasteiger partial charge >= 0.3 is 0 Å². The van der Waals surface area contributed by atoms with Gasteiger partial charge in [0.1, 0.15) is 0 Å². The standard InChI is InChI=1S/C10H19N3O/c1-4-11-9(8-14-3)10-6-7-12-13(10)5-2/h6-7,9,11H,4-5,8H2,1-3H3. The van der Waals surface area contributed by atoms with Crippen LogP contribution in [-0.4, -0.2) is 30.0 Å². The van der Waals surface area contributed by atoms with Gasteiger partial charge in [0.25, 0.3) is 0 Å². The van der Waals surface area contributed by atoms with Crippen LogP contribution < -0.4 is 5.32 Å². The third-order valence-electron chi connectivity index (χ3n) is 2.19. The number of aryl methyl sites for hydroxylation is 1. The van der Waals surface area contributed by atoms with E-state index in [4.69, 9.17) is 4.74 Å². The van der Waals surface area contributed by atoms with Gasteiger partial charge in [0, 0.05) is 19.9 Å². The molecule has 4 heteroatoms. The number of likely N-dealkylation sites (N-methyl/N-ethyl adjacent to an activating group) is 1. The summed E-state index contributed by atoms with van der Waals surface area (Å²) in [5.41, 5.74) is 1.19. The second kappa shape index (κ2) is 5.78. The van der Waals surface area contributed by atoms with Crippen molar-refractivity contribution in [3.05, 3.63) is 18.0 Å². The Morgan fingerprint density at radius 2 is 2.36 bits per heavy atom. The molecule has 0 aliphatic rings. The molecule has 1 aromatic heterocycles. The molecular formula is C10H19N3O. The molecule has 1 rings (SSSR count). The molecule has 0 aromatic carbocycles. The molecule has 0 saturated heterocycles. The van der Waals surface area contributed by atoms with E-state index in [0.717, 1.165) is 13.1 Å². The zero-order valence-corrected chi connectivity index (χ0v) is 9.16. The Kier molecular flexibility index (Phi) is 4.62. The summed E-state index contributed by atoms with van der Waals surface area (Å²) in [6.45, 7) is 6.69. The molecule has 1 aromatic rings. The fraction of sp³-hybridized carbons (Fsp3) is 0.700. The average Bonchev–Trinajstić information content (AvgIpc) is 2.65. The fourth-order valence-electron chi connectivity index (χ4n) is 1.57. The van der Waals surface area contributed by atoms with E-state index in [9.17, 15) is 0 Å². The van der Waals surface area contributed by atoms with Crippen molar-refractivity contribution in [2.24, 2.45) is 0 Å². The summed E-state index contributed by atoms with van der Waals surface area (Å²) in [7, 11) is 1.72. The van der Waals surface area contributed by atoms with Gasteiger partial charge in [-0.1, -0.05) is 6.92 Å². The number of ether oxygens (including phenoxy) is 1. The average molecular weight is 197 g/mol.